The van der Waals surface area contributed by atoms with Crippen molar-refractivity contribution in [2.75, 3.05) is 0 Å². The van der Waals surface area contributed by atoms with Gasteiger partial charge in [-0.2, -0.15) is 0 Å². The molecule has 1 aliphatic rings. The Hall–Kier alpha value is -1.62. The van der Waals surface area contributed by atoms with Crippen molar-refractivity contribution >= 4 is 29.0 Å². The monoisotopic (exact) mass is 220 g/mol. The molecule has 0 saturated heterocycles. The first-order chi connectivity index (χ1) is 7.43. The van der Waals surface area contributed by atoms with Crippen LogP contribution in [0.25, 0.3) is 11.0 Å². The third-order valence-electron chi connectivity index (χ3n) is 2.26. The normalized spacial score (nSPS) is 14.8. The zero-order chi connectivity index (χ0) is 10.1. The highest BCUT2D eigenvalue weighted by Crippen LogP contribution is 2.22. The number of oxime groups is 1. The van der Waals surface area contributed by atoms with E-state index in [-0.39, 0.29) is 0 Å². The predicted molar refractivity (Wildman–Crippen MR) is 59.2 cm³/mol. The molecular formula is C10H8N2O2S. The zero-order valence-electron chi connectivity index (χ0n) is 7.77. The average molecular weight is 220 g/mol. The number of nitrogens with zero attached hydrogens (tertiary/aromatic N) is 1. The van der Waals surface area contributed by atoms with Gasteiger partial charge < -0.3 is 4.42 Å². The maximum atomic E-state index is 5.43. The van der Waals surface area contributed by atoms with E-state index in [4.69, 9.17) is 8.70 Å². The maximum Gasteiger partial charge on any atom is 0.208 e. The molecular weight excluding hydrogens is 212 g/mol. The molecule has 1 aromatic heterocycles. The number of para-hydroxylation sites is 1. The van der Waals surface area contributed by atoms with Crippen LogP contribution in [0.2, 0.25) is 0 Å². The molecule has 0 spiro atoms. The van der Waals surface area contributed by atoms with Crippen molar-refractivity contribution in [3.8, 4) is 0 Å². The lowest BCUT2D eigenvalue weighted by atomic mass is 10.1. The van der Waals surface area contributed by atoms with E-state index >= 15 is 0 Å². The number of fused-ring (bicyclic) bond motifs is 1. The molecule has 1 N–H and O–H groups in total. The van der Waals surface area contributed by atoms with E-state index in [0.717, 1.165) is 34.6 Å². The smallest absolute Gasteiger partial charge is 0.208 e. The molecule has 0 fully saturated rings. The third kappa shape index (κ3) is 1.55. The predicted octanol–water partition coefficient (Wildman–Crippen LogP) is 2.47. The van der Waals surface area contributed by atoms with Crippen molar-refractivity contribution in [3.63, 3.8) is 0 Å². The fourth-order valence-corrected chi connectivity index (χ4v) is 1.94. The van der Waals surface area contributed by atoms with Crippen LogP contribution in [0.3, 0.4) is 0 Å². The largest absolute Gasteiger partial charge is 0.464 e. The van der Waals surface area contributed by atoms with Gasteiger partial charge in [0, 0.05) is 17.4 Å². The van der Waals surface area contributed by atoms with Crippen LogP contribution in [0.1, 0.15) is 5.56 Å². The minimum atomic E-state index is 0.698. The highest BCUT2D eigenvalue weighted by molar-refractivity contribution is 7.93. The zero-order valence-corrected chi connectivity index (χ0v) is 8.58. The molecule has 5 heteroatoms. The van der Waals surface area contributed by atoms with Gasteiger partial charge >= 0.3 is 0 Å². The summed E-state index contributed by atoms with van der Waals surface area (Å²) in [7, 11) is 0. The first kappa shape index (κ1) is 8.67. The molecule has 1 aromatic carbocycles. The SMILES string of the molecule is c1ccc2c(CC3=NOSN3)coc2c1. The molecule has 0 bridgehead atoms. The van der Waals surface area contributed by atoms with E-state index in [2.05, 4.69) is 9.88 Å². The molecule has 0 unspecified atom stereocenters. The van der Waals surface area contributed by atoms with Crippen molar-refractivity contribution < 1.29 is 8.70 Å². The second-order valence-corrected chi connectivity index (χ2v) is 3.75. The van der Waals surface area contributed by atoms with E-state index in [1.54, 1.807) is 6.26 Å². The summed E-state index contributed by atoms with van der Waals surface area (Å²) in [6.45, 7) is 0. The summed E-state index contributed by atoms with van der Waals surface area (Å²) in [5, 5.41) is 4.97. The summed E-state index contributed by atoms with van der Waals surface area (Å²) in [6.07, 6.45) is 2.46. The summed E-state index contributed by atoms with van der Waals surface area (Å²) in [5.74, 6) is 0.812. The Bertz CT molecular complexity index is 521. The topological polar surface area (TPSA) is 46.8 Å². The molecule has 2 aromatic rings. The molecule has 0 saturated carbocycles. The van der Waals surface area contributed by atoms with Gasteiger partial charge in [-0.25, -0.2) is 0 Å². The Morgan fingerprint density at radius 1 is 1.33 bits per heavy atom. The second kappa shape index (κ2) is 3.51. The van der Waals surface area contributed by atoms with E-state index in [9.17, 15) is 0 Å². The Morgan fingerprint density at radius 3 is 3.13 bits per heavy atom. The van der Waals surface area contributed by atoms with Crippen molar-refractivity contribution in [3.05, 3.63) is 36.1 Å². The van der Waals surface area contributed by atoms with E-state index in [0.29, 0.717) is 6.42 Å². The van der Waals surface area contributed by atoms with Gasteiger partial charge in [-0.3, -0.25) is 9.01 Å². The summed E-state index contributed by atoms with van der Waals surface area (Å²) < 4.78 is 13.2. The van der Waals surface area contributed by atoms with Crippen LogP contribution in [0, 0.1) is 0 Å². The number of benzene rings is 1. The number of hydrogen-bond acceptors (Lipinski definition) is 5. The van der Waals surface area contributed by atoms with Crippen LogP contribution in [0.4, 0.5) is 0 Å². The molecule has 76 valence electrons. The molecule has 0 aliphatic carbocycles. The van der Waals surface area contributed by atoms with Gasteiger partial charge in [-0.15, -0.1) is 0 Å². The van der Waals surface area contributed by atoms with Crippen LogP contribution < -0.4 is 4.72 Å². The Kier molecular flexibility index (Phi) is 2.03. The molecule has 4 nitrogen and oxygen atoms in total. The number of rotatable bonds is 2. The van der Waals surface area contributed by atoms with Gasteiger partial charge in [0.2, 0.25) is 12.2 Å². The quantitative estimate of drug-likeness (QED) is 0.624. The highest BCUT2D eigenvalue weighted by Gasteiger charge is 2.12. The Balaban J connectivity index is 1.97. The second-order valence-electron chi connectivity index (χ2n) is 3.23. The molecule has 0 amide bonds. The van der Waals surface area contributed by atoms with Crippen LogP contribution in [0.5, 0.6) is 0 Å². The summed E-state index contributed by atoms with van der Waals surface area (Å²) in [4.78, 5) is 0. The summed E-state index contributed by atoms with van der Waals surface area (Å²) in [6, 6.07) is 7.95. The van der Waals surface area contributed by atoms with Gasteiger partial charge in [0.25, 0.3) is 0 Å². The van der Waals surface area contributed by atoms with Crippen LogP contribution in [0.15, 0.2) is 40.1 Å². The molecule has 2 heterocycles. The van der Waals surface area contributed by atoms with Crippen LogP contribution in [-0.2, 0) is 10.7 Å². The van der Waals surface area contributed by atoms with Crippen molar-refractivity contribution in [1.29, 1.82) is 0 Å². The summed E-state index contributed by atoms with van der Waals surface area (Å²) in [5.41, 5.74) is 2.02. The van der Waals surface area contributed by atoms with Gasteiger partial charge in [0.1, 0.15) is 5.58 Å². The van der Waals surface area contributed by atoms with Gasteiger partial charge in [-0.1, -0.05) is 23.4 Å². The van der Waals surface area contributed by atoms with Crippen molar-refractivity contribution in [1.82, 2.24) is 4.72 Å². The molecule has 15 heavy (non-hydrogen) atoms. The standard InChI is InChI=1S/C10H8N2O2S/c1-2-4-9-8(3-1)7(6-13-9)5-10-11-14-15-12-10/h1-4,6H,5H2,(H,11,12). The van der Waals surface area contributed by atoms with Crippen molar-refractivity contribution in [2.24, 2.45) is 5.16 Å². The van der Waals surface area contributed by atoms with Gasteiger partial charge in [0.15, 0.2) is 5.84 Å². The number of amidine groups is 1. The van der Waals surface area contributed by atoms with Gasteiger partial charge in [0.05, 0.1) is 6.26 Å². The fraction of sp³-hybridized carbons (Fsp3) is 0.100. The summed E-state index contributed by atoms with van der Waals surface area (Å²) >= 11 is 1.13. The van der Waals surface area contributed by atoms with E-state index in [1.807, 2.05) is 24.3 Å². The lowest BCUT2D eigenvalue weighted by Gasteiger charge is -1.95. The molecule has 0 radical (unpaired) electrons. The van der Waals surface area contributed by atoms with Crippen LogP contribution >= 0.6 is 12.2 Å². The first-order valence-corrected chi connectivity index (χ1v) is 5.28. The minimum Gasteiger partial charge on any atom is -0.464 e. The van der Waals surface area contributed by atoms with Crippen molar-refractivity contribution in [2.45, 2.75) is 6.42 Å². The number of hydrogen-bond donors (Lipinski definition) is 1. The molecule has 3 rings (SSSR count). The first-order valence-electron chi connectivity index (χ1n) is 4.54. The van der Waals surface area contributed by atoms with E-state index in [1.165, 1.54) is 0 Å². The fourth-order valence-electron chi connectivity index (χ4n) is 1.57. The lowest BCUT2D eigenvalue weighted by Crippen LogP contribution is -2.13. The van der Waals surface area contributed by atoms with E-state index < -0.39 is 0 Å². The number of nitrogens with one attached hydrogen (secondary N) is 1. The number of furan rings is 1. The van der Waals surface area contributed by atoms with Crippen LogP contribution in [-0.4, -0.2) is 5.84 Å². The molecule has 1 aliphatic heterocycles. The molecule has 0 atom stereocenters. The minimum absolute atomic E-state index is 0.698. The third-order valence-corrected chi connectivity index (χ3v) is 2.73. The lowest BCUT2D eigenvalue weighted by molar-refractivity contribution is 0.415. The average Bonchev–Trinajstić information content (AvgIpc) is 2.89. The Morgan fingerprint density at radius 2 is 2.27 bits per heavy atom. The highest BCUT2D eigenvalue weighted by atomic mass is 32.2. The van der Waals surface area contributed by atoms with Gasteiger partial charge in [-0.05, 0) is 6.07 Å². The Labute approximate surface area is 90.6 Å². The maximum absolute atomic E-state index is 5.43.